The van der Waals surface area contributed by atoms with Crippen LogP contribution in [0.3, 0.4) is 0 Å². The number of esters is 1. The molecule has 1 aromatic rings. The third kappa shape index (κ3) is 7.33. The fraction of sp³-hybridized carbons (Fsp3) is 0.423. The monoisotopic (exact) mass is 483 g/mol. The van der Waals surface area contributed by atoms with Crippen LogP contribution in [0.15, 0.2) is 76.8 Å². The highest BCUT2D eigenvalue weighted by Gasteiger charge is 2.29. The van der Waals surface area contributed by atoms with Crippen molar-refractivity contribution >= 4 is 23.5 Å². The molecule has 0 spiro atoms. The molecule has 2 aliphatic rings. The van der Waals surface area contributed by atoms with Gasteiger partial charge in [0.1, 0.15) is 24.1 Å². The van der Waals surface area contributed by atoms with Gasteiger partial charge >= 0.3 is 11.7 Å². The van der Waals surface area contributed by atoms with Crippen molar-refractivity contribution in [1.29, 1.82) is 0 Å². The summed E-state index contributed by atoms with van der Waals surface area (Å²) < 4.78 is 12.4. The van der Waals surface area contributed by atoms with Crippen molar-refractivity contribution in [2.24, 2.45) is 5.41 Å². The number of nitrogen functional groups attached to an aromatic ring is 1. The summed E-state index contributed by atoms with van der Waals surface area (Å²) in [4.78, 5) is 27.5. The maximum absolute atomic E-state index is 11.9. The van der Waals surface area contributed by atoms with Crippen LogP contribution in [0.25, 0.3) is 0 Å². The standard InChI is InChI=1S/C26H33N3O4S/c1-19-11-10-15-26(2,3)20(19)12-8-6-4-5-7-9-13-23(30)32-17-24-33-22(18-34-24)29-16-14-21(27)28-25(29)31/h4-9,12-14,16,22,24H,10-11,15,17-18H2,1-3H3,(H2,27,28,31)/b6-4+,7-5+,12-8+,13-9+/t22-,24+/m1/s1. The van der Waals surface area contributed by atoms with Crippen LogP contribution in [0.5, 0.6) is 0 Å². The first kappa shape index (κ1) is 25.8. The Kier molecular flexibility index (Phi) is 9.12. The van der Waals surface area contributed by atoms with Crippen molar-refractivity contribution in [3.8, 4) is 0 Å². The van der Waals surface area contributed by atoms with Crippen molar-refractivity contribution in [3.63, 3.8) is 0 Å². The Morgan fingerprint density at radius 1 is 1.29 bits per heavy atom. The topological polar surface area (TPSA) is 96.4 Å². The molecule has 182 valence electrons. The van der Waals surface area contributed by atoms with Crippen LogP contribution in [-0.2, 0) is 14.3 Å². The van der Waals surface area contributed by atoms with Gasteiger partial charge in [0.15, 0.2) is 0 Å². The van der Waals surface area contributed by atoms with E-state index in [0.717, 1.165) is 0 Å². The molecule has 2 atom stereocenters. The van der Waals surface area contributed by atoms with Gasteiger partial charge in [-0.15, -0.1) is 11.8 Å². The van der Waals surface area contributed by atoms with Crippen LogP contribution in [0, 0.1) is 5.41 Å². The van der Waals surface area contributed by atoms with Gasteiger partial charge in [-0.25, -0.2) is 9.59 Å². The molecular weight excluding hydrogens is 450 g/mol. The number of aromatic nitrogens is 2. The van der Waals surface area contributed by atoms with Crippen molar-refractivity contribution < 1.29 is 14.3 Å². The Hall–Kier alpha value is -2.84. The summed E-state index contributed by atoms with van der Waals surface area (Å²) in [7, 11) is 0. The Labute approximate surface area is 205 Å². The van der Waals surface area contributed by atoms with E-state index >= 15 is 0 Å². The molecule has 1 fully saturated rings. The lowest BCUT2D eigenvalue weighted by Gasteiger charge is -2.32. The summed E-state index contributed by atoms with van der Waals surface area (Å²) in [6, 6.07) is 1.54. The number of carbonyl (C=O) groups excluding carboxylic acids is 1. The highest BCUT2D eigenvalue weighted by molar-refractivity contribution is 8.00. The predicted molar refractivity (Wildman–Crippen MR) is 137 cm³/mol. The first-order valence-corrected chi connectivity index (χ1v) is 12.5. The van der Waals surface area contributed by atoms with Crippen LogP contribution in [-0.4, -0.2) is 33.3 Å². The number of nitrogens with two attached hydrogens (primary N) is 1. The second kappa shape index (κ2) is 12.0. The average Bonchev–Trinajstić information content (AvgIpc) is 3.24. The predicted octanol–water partition coefficient (Wildman–Crippen LogP) is 4.71. The van der Waals surface area contributed by atoms with Crippen molar-refractivity contribution in [3.05, 3.63) is 82.5 Å². The van der Waals surface area contributed by atoms with E-state index in [-0.39, 0.29) is 23.3 Å². The fourth-order valence-corrected chi connectivity index (χ4v) is 5.06. The second-order valence-electron chi connectivity index (χ2n) is 8.95. The zero-order chi connectivity index (χ0) is 24.6. The van der Waals surface area contributed by atoms with E-state index in [0.29, 0.717) is 5.75 Å². The van der Waals surface area contributed by atoms with E-state index in [1.165, 1.54) is 52.8 Å². The van der Waals surface area contributed by atoms with Gasteiger partial charge in [-0.05, 0) is 43.2 Å². The number of carbonyl (C=O) groups is 1. The molecule has 0 radical (unpaired) electrons. The molecule has 1 aromatic heterocycles. The highest BCUT2D eigenvalue weighted by Crippen LogP contribution is 2.40. The van der Waals surface area contributed by atoms with E-state index in [2.05, 4.69) is 37.9 Å². The first-order valence-electron chi connectivity index (χ1n) is 11.4. The van der Waals surface area contributed by atoms with E-state index in [9.17, 15) is 9.59 Å². The first-order chi connectivity index (χ1) is 16.3. The van der Waals surface area contributed by atoms with Crippen LogP contribution >= 0.6 is 11.8 Å². The molecule has 3 rings (SSSR count). The molecule has 0 unspecified atom stereocenters. The van der Waals surface area contributed by atoms with Crippen LogP contribution in [0.1, 0.15) is 46.3 Å². The molecule has 1 aliphatic carbocycles. The smallest absolute Gasteiger partial charge is 0.351 e. The van der Waals surface area contributed by atoms with Crippen LogP contribution in [0.2, 0.25) is 0 Å². The number of thioether (sulfide) groups is 1. The quantitative estimate of drug-likeness (QED) is 0.325. The minimum atomic E-state index is -0.465. The molecule has 0 aromatic carbocycles. The zero-order valence-corrected chi connectivity index (χ0v) is 20.8. The number of hydrogen-bond acceptors (Lipinski definition) is 7. The van der Waals surface area contributed by atoms with Gasteiger partial charge in [-0.1, -0.05) is 62.0 Å². The number of allylic oxidation sites excluding steroid dienone is 9. The van der Waals surface area contributed by atoms with Crippen molar-refractivity contribution in [2.75, 3.05) is 18.1 Å². The lowest BCUT2D eigenvalue weighted by molar-refractivity contribution is -0.141. The SMILES string of the molecule is CC1=C(/C=C/C=C/C=C/C=C/C(=O)OC[C@H]2O[C@@H](n3ccc(N)nc3=O)CS2)C(C)(C)CCC1. The Morgan fingerprint density at radius 3 is 2.76 bits per heavy atom. The van der Waals surface area contributed by atoms with Gasteiger partial charge in [0.2, 0.25) is 0 Å². The normalized spacial score (nSPS) is 23.1. The molecule has 1 saturated heterocycles. The zero-order valence-electron chi connectivity index (χ0n) is 20.0. The van der Waals surface area contributed by atoms with Crippen molar-refractivity contribution in [2.45, 2.75) is 51.7 Å². The number of rotatable bonds is 8. The molecule has 1 aliphatic heterocycles. The van der Waals surface area contributed by atoms with Gasteiger partial charge in [0, 0.05) is 18.0 Å². The van der Waals surface area contributed by atoms with Gasteiger partial charge < -0.3 is 15.2 Å². The lowest BCUT2D eigenvalue weighted by Crippen LogP contribution is -2.29. The van der Waals surface area contributed by atoms with Gasteiger partial charge in [-0.3, -0.25) is 4.57 Å². The second-order valence-corrected chi connectivity index (χ2v) is 10.1. The maximum Gasteiger partial charge on any atom is 0.351 e. The lowest BCUT2D eigenvalue weighted by atomic mass is 9.73. The molecule has 0 bridgehead atoms. The number of nitrogens with zero attached hydrogens (tertiary/aromatic N) is 2. The number of hydrogen-bond donors (Lipinski definition) is 1. The van der Waals surface area contributed by atoms with Crippen LogP contribution in [0.4, 0.5) is 5.82 Å². The van der Waals surface area contributed by atoms with Crippen molar-refractivity contribution in [1.82, 2.24) is 9.55 Å². The van der Waals surface area contributed by atoms with E-state index in [4.69, 9.17) is 15.2 Å². The summed E-state index contributed by atoms with van der Waals surface area (Å²) in [6.07, 6.45) is 19.6. The van der Waals surface area contributed by atoms with E-state index < -0.39 is 17.9 Å². The summed E-state index contributed by atoms with van der Waals surface area (Å²) >= 11 is 1.47. The molecule has 7 nitrogen and oxygen atoms in total. The summed E-state index contributed by atoms with van der Waals surface area (Å²) in [6.45, 7) is 6.93. The third-order valence-electron chi connectivity index (χ3n) is 5.85. The third-order valence-corrected chi connectivity index (χ3v) is 6.95. The summed E-state index contributed by atoms with van der Waals surface area (Å²) in [5, 5.41) is 0. The Morgan fingerprint density at radius 2 is 2.03 bits per heavy atom. The minimum absolute atomic E-state index is 0.0987. The number of anilines is 1. The molecule has 8 heteroatoms. The largest absolute Gasteiger partial charge is 0.459 e. The van der Waals surface area contributed by atoms with Gasteiger partial charge in [0.05, 0.1) is 0 Å². The Balaban J connectivity index is 1.38. The van der Waals surface area contributed by atoms with Gasteiger partial charge in [-0.2, -0.15) is 4.98 Å². The minimum Gasteiger partial charge on any atom is -0.459 e. The van der Waals surface area contributed by atoms with Gasteiger partial charge in [0.25, 0.3) is 0 Å². The Bertz CT molecular complexity index is 1080. The summed E-state index contributed by atoms with van der Waals surface area (Å²) in [5.74, 6) is 0.275. The average molecular weight is 484 g/mol. The molecule has 34 heavy (non-hydrogen) atoms. The molecule has 2 N–H and O–H groups in total. The van der Waals surface area contributed by atoms with E-state index in [1.807, 2.05) is 18.2 Å². The van der Waals surface area contributed by atoms with Crippen LogP contribution < -0.4 is 11.4 Å². The highest BCUT2D eigenvalue weighted by atomic mass is 32.2. The van der Waals surface area contributed by atoms with E-state index in [1.54, 1.807) is 24.4 Å². The fourth-order valence-electron chi connectivity index (χ4n) is 4.07. The molecule has 0 saturated carbocycles. The molecule has 2 heterocycles. The molecule has 0 amide bonds. The number of ether oxygens (including phenoxy) is 2. The molecular formula is C26H33N3O4S. The maximum atomic E-state index is 11.9. The summed E-state index contributed by atoms with van der Waals surface area (Å²) in [5.41, 5.74) is 7.85.